The molecule has 1 N–H and O–H groups in total. The van der Waals surface area contributed by atoms with Gasteiger partial charge in [-0.05, 0) is 19.1 Å². The molecule has 3 aromatic rings. The minimum atomic E-state index is -0.465. The molecule has 0 saturated carbocycles. The summed E-state index contributed by atoms with van der Waals surface area (Å²) in [6, 6.07) is 11.9. The molecule has 0 fully saturated rings. The number of esters is 1. The number of carbonyl (C=O) groups excluding carboxylic acids is 2. The minimum Gasteiger partial charge on any atom is -0.457 e. The topological polar surface area (TPSA) is 81.2 Å². The Balaban J connectivity index is 1.51. The summed E-state index contributed by atoms with van der Waals surface area (Å²) in [5.41, 5.74) is 1.47. The summed E-state index contributed by atoms with van der Waals surface area (Å²) in [5.74, 6) is -0.0307. The highest BCUT2D eigenvalue weighted by molar-refractivity contribution is 7.99. The molecule has 0 aliphatic heterocycles. The Morgan fingerprint density at radius 3 is 2.89 bits per heavy atom. The monoisotopic (exact) mass is 413 g/mol. The second-order valence-corrected chi connectivity index (χ2v) is 7.92. The lowest BCUT2D eigenvalue weighted by Gasteiger charge is -2.03. The number of aromatic nitrogens is 2. The maximum atomic E-state index is 12.2. The van der Waals surface area contributed by atoms with E-state index in [2.05, 4.69) is 21.9 Å². The second-order valence-electron chi connectivity index (χ2n) is 5.81. The van der Waals surface area contributed by atoms with Crippen LogP contribution in [0.2, 0.25) is 0 Å². The lowest BCUT2D eigenvalue weighted by atomic mass is 10.2. The quantitative estimate of drug-likeness (QED) is 0.333. The number of hydrogen-bond acceptors (Lipinski definition) is 7. The SMILES string of the molecule is C=CCOC(=O)c1sc(NC(=O)CCSc2ccc3ccccc3n2)nc1C. The first kappa shape index (κ1) is 20.0. The lowest BCUT2D eigenvalue weighted by Crippen LogP contribution is -2.12. The van der Waals surface area contributed by atoms with Gasteiger partial charge in [-0.25, -0.2) is 14.8 Å². The predicted molar refractivity (Wildman–Crippen MR) is 113 cm³/mol. The Bertz CT molecular complexity index is 1020. The van der Waals surface area contributed by atoms with E-state index in [4.69, 9.17) is 4.74 Å². The summed E-state index contributed by atoms with van der Waals surface area (Å²) < 4.78 is 5.01. The fourth-order valence-electron chi connectivity index (χ4n) is 2.40. The number of nitrogens with one attached hydrogen (secondary N) is 1. The number of fused-ring (bicyclic) bond motifs is 1. The van der Waals surface area contributed by atoms with E-state index in [1.165, 1.54) is 17.8 Å². The fraction of sp³-hybridized carbons (Fsp3) is 0.200. The Hall–Kier alpha value is -2.71. The summed E-state index contributed by atoms with van der Waals surface area (Å²) in [6.45, 7) is 5.35. The molecule has 0 saturated heterocycles. The fourth-order valence-corrected chi connectivity index (χ4v) is 4.10. The van der Waals surface area contributed by atoms with Gasteiger partial charge in [-0.1, -0.05) is 48.3 Å². The summed E-state index contributed by atoms with van der Waals surface area (Å²) in [5, 5.41) is 5.10. The first-order valence-corrected chi connectivity index (χ1v) is 10.4. The molecular weight excluding hydrogens is 394 g/mol. The normalized spacial score (nSPS) is 10.6. The van der Waals surface area contributed by atoms with Crippen LogP contribution in [0.5, 0.6) is 0 Å². The van der Waals surface area contributed by atoms with Crippen LogP contribution < -0.4 is 5.32 Å². The molecule has 6 nitrogen and oxygen atoms in total. The van der Waals surface area contributed by atoms with Crippen molar-refractivity contribution in [2.24, 2.45) is 0 Å². The standard InChI is InChI=1S/C20H19N3O3S2/c1-3-11-26-19(25)18-13(2)21-20(28-18)23-16(24)10-12-27-17-9-8-14-6-4-5-7-15(14)22-17/h3-9H,1,10-12H2,2H3,(H,21,23,24). The van der Waals surface area contributed by atoms with Crippen molar-refractivity contribution in [3.63, 3.8) is 0 Å². The van der Waals surface area contributed by atoms with E-state index in [-0.39, 0.29) is 12.5 Å². The van der Waals surface area contributed by atoms with E-state index in [9.17, 15) is 9.59 Å². The molecule has 3 rings (SSSR count). The third-order valence-corrected chi connectivity index (χ3v) is 5.70. The number of ether oxygens (including phenoxy) is 1. The Morgan fingerprint density at radius 1 is 1.25 bits per heavy atom. The molecule has 0 aliphatic rings. The van der Waals surface area contributed by atoms with Crippen LogP contribution in [0.15, 0.2) is 54.1 Å². The van der Waals surface area contributed by atoms with Gasteiger partial charge in [-0.3, -0.25) is 4.79 Å². The number of hydrogen-bond donors (Lipinski definition) is 1. The number of amides is 1. The highest BCUT2D eigenvalue weighted by atomic mass is 32.2. The van der Waals surface area contributed by atoms with Crippen LogP contribution in [0.3, 0.4) is 0 Å². The maximum absolute atomic E-state index is 12.2. The van der Waals surface area contributed by atoms with Crippen molar-refractivity contribution in [1.82, 2.24) is 9.97 Å². The average Bonchev–Trinajstić information content (AvgIpc) is 3.06. The summed E-state index contributed by atoms with van der Waals surface area (Å²) in [7, 11) is 0. The van der Waals surface area contributed by atoms with Gasteiger partial charge in [0, 0.05) is 17.6 Å². The number of rotatable bonds is 8. The number of anilines is 1. The Kier molecular flexibility index (Phi) is 6.78. The van der Waals surface area contributed by atoms with Crippen LogP contribution in [0, 0.1) is 6.92 Å². The average molecular weight is 414 g/mol. The smallest absolute Gasteiger partial charge is 0.350 e. The molecule has 8 heteroatoms. The molecule has 28 heavy (non-hydrogen) atoms. The molecule has 0 atom stereocenters. The van der Waals surface area contributed by atoms with Crippen molar-refractivity contribution in [3.8, 4) is 0 Å². The lowest BCUT2D eigenvalue weighted by molar-refractivity contribution is -0.115. The van der Waals surface area contributed by atoms with Crippen molar-refractivity contribution in [2.45, 2.75) is 18.4 Å². The zero-order valence-corrected chi connectivity index (χ0v) is 16.9. The number of pyridine rings is 1. The molecule has 1 amide bonds. The van der Waals surface area contributed by atoms with Crippen LogP contribution in [-0.2, 0) is 9.53 Å². The second kappa shape index (κ2) is 9.48. The van der Waals surface area contributed by atoms with E-state index >= 15 is 0 Å². The van der Waals surface area contributed by atoms with Crippen LogP contribution in [-0.4, -0.2) is 34.2 Å². The first-order chi connectivity index (χ1) is 13.6. The van der Waals surface area contributed by atoms with Gasteiger partial charge >= 0.3 is 5.97 Å². The van der Waals surface area contributed by atoms with E-state index < -0.39 is 5.97 Å². The van der Waals surface area contributed by atoms with E-state index in [0.29, 0.717) is 27.9 Å². The molecule has 1 aromatic carbocycles. The molecule has 0 aliphatic carbocycles. The molecule has 0 bridgehead atoms. The number of aryl methyl sites for hydroxylation is 1. The van der Waals surface area contributed by atoms with Crippen molar-refractivity contribution in [1.29, 1.82) is 0 Å². The van der Waals surface area contributed by atoms with Crippen molar-refractivity contribution in [2.75, 3.05) is 17.7 Å². The van der Waals surface area contributed by atoms with Crippen molar-refractivity contribution >= 4 is 51.0 Å². The van der Waals surface area contributed by atoms with Gasteiger partial charge in [-0.2, -0.15) is 0 Å². The summed E-state index contributed by atoms with van der Waals surface area (Å²) in [6.07, 6.45) is 1.81. The zero-order valence-electron chi connectivity index (χ0n) is 15.3. The Morgan fingerprint density at radius 2 is 2.07 bits per heavy atom. The van der Waals surface area contributed by atoms with Crippen molar-refractivity contribution in [3.05, 3.63) is 59.6 Å². The van der Waals surface area contributed by atoms with Gasteiger partial charge < -0.3 is 10.1 Å². The van der Waals surface area contributed by atoms with E-state index in [1.807, 2.05) is 36.4 Å². The number of thioether (sulfide) groups is 1. The van der Waals surface area contributed by atoms with E-state index in [0.717, 1.165) is 27.3 Å². The molecule has 0 spiro atoms. The molecule has 2 aromatic heterocycles. The molecule has 2 heterocycles. The van der Waals surface area contributed by atoms with E-state index in [1.54, 1.807) is 6.92 Å². The third kappa shape index (κ3) is 5.17. The highest BCUT2D eigenvalue weighted by Crippen LogP contribution is 2.24. The van der Waals surface area contributed by atoms with Crippen LogP contribution in [0.4, 0.5) is 5.13 Å². The summed E-state index contributed by atoms with van der Waals surface area (Å²) >= 11 is 2.63. The first-order valence-electron chi connectivity index (χ1n) is 8.60. The van der Waals surface area contributed by atoms with Crippen LogP contribution in [0.1, 0.15) is 21.8 Å². The van der Waals surface area contributed by atoms with Gasteiger partial charge in [0.05, 0.1) is 16.2 Å². The number of thiazole rings is 1. The number of carbonyl (C=O) groups is 2. The number of para-hydroxylation sites is 1. The Labute approximate surface area is 171 Å². The van der Waals surface area contributed by atoms with Crippen molar-refractivity contribution < 1.29 is 14.3 Å². The molecule has 0 radical (unpaired) electrons. The third-order valence-electron chi connectivity index (χ3n) is 3.71. The molecule has 144 valence electrons. The van der Waals surface area contributed by atoms with Gasteiger partial charge in [0.2, 0.25) is 5.91 Å². The van der Waals surface area contributed by atoms with Gasteiger partial charge in [-0.15, -0.1) is 11.8 Å². The summed E-state index contributed by atoms with van der Waals surface area (Å²) in [4.78, 5) is 33.3. The van der Waals surface area contributed by atoms with Crippen LogP contribution in [0.25, 0.3) is 10.9 Å². The molecule has 0 unspecified atom stereocenters. The highest BCUT2D eigenvalue weighted by Gasteiger charge is 2.17. The van der Waals surface area contributed by atoms with Gasteiger partial charge in [0.1, 0.15) is 11.5 Å². The van der Waals surface area contributed by atoms with Gasteiger partial charge in [0.25, 0.3) is 0 Å². The molecular formula is C20H19N3O3S2. The predicted octanol–water partition coefficient (Wildman–Crippen LogP) is 4.46. The maximum Gasteiger partial charge on any atom is 0.350 e. The van der Waals surface area contributed by atoms with Gasteiger partial charge in [0.15, 0.2) is 5.13 Å². The number of nitrogens with zero attached hydrogens (tertiary/aromatic N) is 2. The minimum absolute atomic E-state index is 0.137. The largest absolute Gasteiger partial charge is 0.457 e. The zero-order chi connectivity index (χ0) is 19.9. The van der Waals surface area contributed by atoms with Crippen LogP contribution >= 0.6 is 23.1 Å². The number of benzene rings is 1.